The van der Waals surface area contributed by atoms with E-state index in [1.807, 2.05) is 0 Å². The Labute approximate surface area is 169 Å². The third kappa shape index (κ3) is 4.36. The highest BCUT2D eigenvalue weighted by atomic mass is 35.5. The van der Waals surface area contributed by atoms with Crippen molar-refractivity contribution >= 4 is 39.9 Å². The average molecular weight is 411 g/mol. The number of hydrogen-bond acceptors (Lipinski definition) is 5. The molecule has 4 rings (SSSR count). The van der Waals surface area contributed by atoms with Crippen LogP contribution in [-0.4, -0.2) is 34.1 Å². The second-order valence-electron chi connectivity index (χ2n) is 7.53. The summed E-state index contributed by atoms with van der Waals surface area (Å²) in [6.45, 7) is 3.47. The first-order valence-corrected chi connectivity index (χ1v) is 10.5. The van der Waals surface area contributed by atoms with Crippen LogP contribution in [0.4, 0.5) is 0 Å². The Balaban J connectivity index is 0.00000210. The number of hydrogen-bond donors (Lipinski definition) is 2. The number of rotatable bonds is 4. The van der Waals surface area contributed by atoms with Crippen molar-refractivity contribution in [2.75, 3.05) is 6.54 Å². The molecule has 0 saturated carbocycles. The van der Waals surface area contributed by atoms with Gasteiger partial charge in [0.05, 0.1) is 11.7 Å². The molecule has 148 valence electrons. The molecular weight excluding hydrogens is 384 g/mol. The van der Waals surface area contributed by atoms with E-state index in [0.29, 0.717) is 19.0 Å². The number of fused-ring (bicyclic) bond motifs is 3. The molecule has 2 atom stereocenters. The summed E-state index contributed by atoms with van der Waals surface area (Å²) in [6.07, 6.45) is 8.22. The molecule has 2 aliphatic rings. The minimum Gasteiger partial charge on any atom is -0.353 e. The average Bonchev–Trinajstić information content (AvgIpc) is 3.00. The molecule has 2 aromatic heterocycles. The van der Waals surface area contributed by atoms with Gasteiger partial charge in [-0.05, 0) is 57.6 Å². The number of nitrogens with zero attached hydrogens (tertiary/aromatic N) is 2. The molecule has 1 saturated heterocycles. The quantitative estimate of drug-likeness (QED) is 0.811. The van der Waals surface area contributed by atoms with Crippen molar-refractivity contribution in [2.24, 2.45) is 0 Å². The molecule has 3 heterocycles. The Morgan fingerprint density at radius 3 is 3.04 bits per heavy atom. The van der Waals surface area contributed by atoms with Gasteiger partial charge in [0.2, 0.25) is 5.91 Å². The summed E-state index contributed by atoms with van der Waals surface area (Å²) in [6, 6.07) is 0.674. The van der Waals surface area contributed by atoms with Crippen LogP contribution in [0.25, 0.3) is 10.2 Å². The molecule has 0 radical (unpaired) electrons. The van der Waals surface area contributed by atoms with Crippen molar-refractivity contribution in [3.8, 4) is 0 Å². The maximum Gasteiger partial charge on any atom is 0.262 e. The molecule has 8 heteroatoms. The highest BCUT2D eigenvalue weighted by molar-refractivity contribution is 7.18. The molecule has 6 nitrogen and oxygen atoms in total. The van der Waals surface area contributed by atoms with Crippen LogP contribution in [0.5, 0.6) is 0 Å². The second kappa shape index (κ2) is 8.71. The Hall–Kier alpha value is -1.44. The molecule has 2 aromatic rings. The third-order valence-corrected chi connectivity index (χ3v) is 6.71. The van der Waals surface area contributed by atoms with Gasteiger partial charge in [0.1, 0.15) is 4.83 Å². The van der Waals surface area contributed by atoms with E-state index in [2.05, 4.69) is 22.5 Å². The second-order valence-corrected chi connectivity index (χ2v) is 8.61. The predicted molar refractivity (Wildman–Crippen MR) is 111 cm³/mol. The smallest absolute Gasteiger partial charge is 0.262 e. The monoisotopic (exact) mass is 410 g/mol. The highest BCUT2D eigenvalue weighted by Crippen LogP contribution is 2.33. The Bertz CT molecular complexity index is 878. The SMILES string of the molecule is CC1CC(NC(=O)CCn2cnc3sc4c(c3c2=O)CCCC4)CCN1.Cl. The van der Waals surface area contributed by atoms with E-state index in [-0.39, 0.29) is 29.9 Å². The van der Waals surface area contributed by atoms with Gasteiger partial charge < -0.3 is 10.6 Å². The van der Waals surface area contributed by atoms with Gasteiger partial charge in [-0.15, -0.1) is 23.7 Å². The molecule has 27 heavy (non-hydrogen) atoms. The van der Waals surface area contributed by atoms with Gasteiger partial charge >= 0.3 is 0 Å². The Kier molecular flexibility index (Phi) is 6.55. The predicted octanol–water partition coefficient (Wildman–Crippen LogP) is 2.41. The van der Waals surface area contributed by atoms with E-state index in [9.17, 15) is 9.59 Å². The first-order valence-electron chi connectivity index (χ1n) is 9.64. The summed E-state index contributed by atoms with van der Waals surface area (Å²) in [7, 11) is 0. The molecule has 0 bridgehead atoms. The zero-order valence-corrected chi connectivity index (χ0v) is 17.3. The van der Waals surface area contributed by atoms with Crippen molar-refractivity contribution in [3.63, 3.8) is 0 Å². The highest BCUT2D eigenvalue weighted by Gasteiger charge is 2.21. The van der Waals surface area contributed by atoms with Crippen molar-refractivity contribution in [1.29, 1.82) is 0 Å². The van der Waals surface area contributed by atoms with E-state index in [1.165, 1.54) is 16.9 Å². The van der Waals surface area contributed by atoms with Gasteiger partial charge in [0.15, 0.2) is 0 Å². The zero-order chi connectivity index (χ0) is 18.1. The summed E-state index contributed by atoms with van der Waals surface area (Å²) in [4.78, 5) is 31.9. The lowest BCUT2D eigenvalue weighted by atomic mass is 9.97. The first-order chi connectivity index (χ1) is 12.6. The number of carbonyl (C=O) groups excluding carboxylic acids is 1. The van der Waals surface area contributed by atoms with Crippen LogP contribution in [0.15, 0.2) is 11.1 Å². The van der Waals surface area contributed by atoms with Crippen LogP contribution in [0.3, 0.4) is 0 Å². The van der Waals surface area contributed by atoms with Crippen LogP contribution >= 0.6 is 23.7 Å². The maximum absolute atomic E-state index is 12.9. The van der Waals surface area contributed by atoms with Gasteiger partial charge in [0, 0.05) is 29.9 Å². The molecule has 2 unspecified atom stereocenters. The molecule has 1 aliphatic carbocycles. The van der Waals surface area contributed by atoms with Crippen molar-refractivity contribution in [1.82, 2.24) is 20.2 Å². The van der Waals surface area contributed by atoms with Gasteiger partial charge in [0.25, 0.3) is 5.56 Å². The number of piperidine rings is 1. The summed E-state index contributed by atoms with van der Waals surface area (Å²) < 4.78 is 1.61. The van der Waals surface area contributed by atoms with Crippen molar-refractivity contribution < 1.29 is 4.79 Å². The number of thiophene rings is 1. The van der Waals surface area contributed by atoms with Crippen LogP contribution in [0, 0.1) is 0 Å². The van der Waals surface area contributed by atoms with E-state index >= 15 is 0 Å². The van der Waals surface area contributed by atoms with Gasteiger partial charge in [-0.1, -0.05) is 0 Å². The molecule has 1 amide bonds. The minimum absolute atomic E-state index is 0. The fourth-order valence-electron chi connectivity index (χ4n) is 4.13. The Morgan fingerprint density at radius 1 is 1.41 bits per heavy atom. The number of amides is 1. The van der Waals surface area contributed by atoms with Crippen LogP contribution in [-0.2, 0) is 24.2 Å². The summed E-state index contributed by atoms with van der Waals surface area (Å²) >= 11 is 1.66. The number of carbonyl (C=O) groups is 1. The van der Waals surface area contributed by atoms with E-state index in [0.717, 1.165) is 48.9 Å². The summed E-state index contributed by atoms with van der Waals surface area (Å²) in [5, 5.41) is 7.29. The van der Waals surface area contributed by atoms with Crippen molar-refractivity contribution in [2.45, 2.75) is 70.5 Å². The van der Waals surface area contributed by atoms with Crippen molar-refractivity contribution in [3.05, 3.63) is 27.1 Å². The lowest BCUT2D eigenvalue weighted by molar-refractivity contribution is -0.122. The fourth-order valence-corrected chi connectivity index (χ4v) is 5.34. The summed E-state index contributed by atoms with van der Waals surface area (Å²) in [5.41, 5.74) is 1.22. The lowest BCUT2D eigenvalue weighted by Crippen LogP contribution is -2.46. The molecule has 0 spiro atoms. The largest absolute Gasteiger partial charge is 0.353 e. The van der Waals surface area contributed by atoms with Crippen LogP contribution in [0.1, 0.15) is 49.5 Å². The fraction of sp³-hybridized carbons (Fsp3) is 0.632. The number of halogens is 1. The molecule has 1 fully saturated rings. The normalized spacial score (nSPS) is 22.1. The lowest BCUT2D eigenvalue weighted by Gasteiger charge is -2.28. The zero-order valence-electron chi connectivity index (χ0n) is 15.6. The van der Waals surface area contributed by atoms with Crippen LogP contribution < -0.4 is 16.2 Å². The molecular formula is C19H27ClN4O2S. The Morgan fingerprint density at radius 2 is 2.22 bits per heavy atom. The maximum atomic E-state index is 12.9. The standard InChI is InChI=1S/C19H26N4O2S.ClH/c1-12-10-13(6-8-20-12)22-16(24)7-9-23-11-21-18-17(19(23)25)14-4-2-3-5-15(14)26-18;/h11-13,20H,2-10H2,1H3,(H,22,24);1H. The van der Waals surface area contributed by atoms with Gasteiger partial charge in [-0.2, -0.15) is 0 Å². The number of nitrogens with one attached hydrogen (secondary N) is 2. The minimum atomic E-state index is 0. The van der Waals surface area contributed by atoms with Crippen LogP contribution in [0.2, 0.25) is 0 Å². The van der Waals surface area contributed by atoms with E-state index in [4.69, 9.17) is 0 Å². The molecule has 2 N–H and O–H groups in total. The molecule has 0 aromatic carbocycles. The molecule has 1 aliphatic heterocycles. The van der Waals surface area contributed by atoms with Gasteiger partial charge in [-0.3, -0.25) is 14.2 Å². The topological polar surface area (TPSA) is 76.0 Å². The van der Waals surface area contributed by atoms with E-state index in [1.54, 1.807) is 22.2 Å². The number of aromatic nitrogens is 2. The summed E-state index contributed by atoms with van der Waals surface area (Å²) in [5.74, 6) is 0.0171. The number of aryl methyl sites for hydroxylation is 3. The van der Waals surface area contributed by atoms with Gasteiger partial charge in [-0.25, -0.2) is 4.98 Å². The first kappa shape index (κ1) is 20.3. The van der Waals surface area contributed by atoms with E-state index < -0.39 is 0 Å². The third-order valence-electron chi connectivity index (χ3n) is 5.51.